The maximum absolute atomic E-state index is 14.9. The molecule has 4 aromatic rings. The molecule has 2 aliphatic rings. The number of benzene rings is 2. The number of nitrogens with zero attached hydrogens (tertiary/aromatic N) is 6. The zero-order chi connectivity index (χ0) is 32.3. The third-order valence-corrected chi connectivity index (χ3v) is 9.26. The standard InChI is InChI=1S/C36H40F3N7/c1-3-25-12-13-27(22-29(25)36(38,39)4-2)31-23-46(21-20-44-16-8-5-9-17-44)34(43-31)26-14-18-45(19-15-26)35-32(33(40)41-24-42-35)28-10-6-7-11-30(28)37/h3-4,6-7,10-13,22-24,26H,1-2,5,8-9,14-21H2,(H2,40,41,42). The zero-order valence-corrected chi connectivity index (χ0v) is 26.0. The molecule has 46 heavy (non-hydrogen) atoms. The van der Waals surface area contributed by atoms with E-state index in [1.165, 1.54) is 43.8 Å². The third-order valence-electron chi connectivity index (χ3n) is 9.26. The van der Waals surface area contributed by atoms with Crippen LogP contribution in [0, 0.1) is 5.82 Å². The van der Waals surface area contributed by atoms with E-state index in [4.69, 9.17) is 10.7 Å². The molecule has 0 amide bonds. The molecule has 0 aliphatic carbocycles. The Morgan fingerprint density at radius 2 is 1.72 bits per heavy atom. The van der Waals surface area contributed by atoms with E-state index >= 15 is 0 Å². The van der Waals surface area contributed by atoms with Gasteiger partial charge in [-0.3, -0.25) is 0 Å². The molecule has 2 saturated heterocycles. The van der Waals surface area contributed by atoms with Crippen LogP contribution in [0.4, 0.5) is 24.8 Å². The molecule has 0 unspecified atom stereocenters. The molecular weight excluding hydrogens is 587 g/mol. The summed E-state index contributed by atoms with van der Waals surface area (Å²) in [6.07, 6.45) is 10.8. The monoisotopic (exact) mass is 627 g/mol. The number of alkyl halides is 2. The molecule has 7 nitrogen and oxygen atoms in total. The molecule has 10 heteroatoms. The van der Waals surface area contributed by atoms with Crippen molar-refractivity contribution in [3.05, 3.63) is 97.0 Å². The fraction of sp³-hybridized carbons (Fsp3) is 0.361. The Morgan fingerprint density at radius 1 is 0.957 bits per heavy atom. The van der Waals surface area contributed by atoms with Gasteiger partial charge in [-0.05, 0) is 62.5 Å². The molecule has 2 aliphatic heterocycles. The lowest BCUT2D eigenvalue weighted by Crippen LogP contribution is -2.35. The van der Waals surface area contributed by atoms with Crippen LogP contribution < -0.4 is 10.6 Å². The van der Waals surface area contributed by atoms with Crippen molar-refractivity contribution in [3.63, 3.8) is 0 Å². The summed E-state index contributed by atoms with van der Waals surface area (Å²) in [5, 5.41) is 0. The maximum atomic E-state index is 14.9. The lowest BCUT2D eigenvalue weighted by atomic mass is 9.95. The van der Waals surface area contributed by atoms with Crippen molar-refractivity contribution >= 4 is 17.7 Å². The quantitative estimate of drug-likeness (QED) is 0.183. The van der Waals surface area contributed by atoms with Gasteiger partial charge in [-0.25, -0.2) is 19.3 Å². The number of piperidine rings is 2. The number of allylic oxidation sites excluding steroid dienone is 1. The normalized spacial score (nSPS) is 16.5. The Morgan fingerprint density at radius 3 is 2.43 bits per heavy atom. The molecule has 2 aromatic carbocycles. The highest BCUT2D eigenvalue weighted by molar-refractivity contribution is 5.84. The minimum atomic E-state index is -3.20. The van der Waals surface area contributed by atoms with Crippen molar-refractivity contribution in [1.82, 2.24) is 24.4 Å². The Kier molecular flexibility index (Phi) is 9.26. The number of likely N-dealkylation sites (tertiary alicyclic amines) is 1. The average molecular weight is 628 g/mol. The van der Waals surface area contributed by atoms with Crippen LogP contribution >= 0.6 is 0 Å². The first kappa shape index (κ1) is 31.5. The van der Waals surface area contributed by atoms with Gasteiger partial charge in [0.25, 0.3) is 5.92 Å². The van der Waals surface area contributed by atoms with Gasteiger partial charge < -0.3 is 20.1 Å². The smallest absolute Gasteiger partial charge is 0.292 e. The number of hydrogen-bond acceptors (Lipinski definition) is 6. The summed E-state index contributed by atoms with van der Waals surface area (Å²) in [6.45, 7) is 12.3. The summed E-state index contributed by atoms with van der Waals surface area (Å²) in [5.41, 5.74) is 8.66. The fourth-order valence-corrected chi connectivity index (χ4v) is 6.70. The summed E-state index contributed by atoms with van der Waals surface area (Å²) < 4.78 is 46.8. The Hall–Kier alpha value is -4.44. The molecule has 4 heterocycles. The summed E-state index contributed by atoms with van der Waals surface area (Å²) in [5.74, 6) is -1.63. The SMILES string of the molecule is C=Cc1ccc(-c2cn(CCN3CCCCC3)c(C3CCN(c4ncnc(N)c4-c4ccccc4F)CC3)n2)cc1C(F)(F)C=C. The number of nitrogen functional groups attached to an aromatic ring is 1. The van der Waals surface area contributed by atoms with E-state index in [9.17, 15) is 13.2 Å². The number of hydrogen-bond donors (Lipinski definition) is 1. The van der Waals surface area contributed by atoms with Gasteiger partial charge in [0.15, 0.2) is 0 Å². The Labute approximate surface area is 268 Å². The topological polar surface area (TPSA) is 76.1 Å². The first-order chi connectivity index (χ1) is 22.3. The minimum absolute atomic E-state index is 0.137. The van der Waals surface area contributed by atoms with E-state index < -0.39 is 5.92 Å². The van der Waals surface area contributed by atoms with Gasteiger partial charge in [-0.15, -0.1) is 0 Å². The van der Waals surface area contributed by atoms with Crippen molar-refractivity contribution in [2.75, 3.05) is 43.4 Å². The fourth-order valence-electron chi connectivity index (χ4n) is 6.70. The first-order valence-corrected chi connectivity index (χ1v) is 16.0. The second kappa shape index (κ2) is 13.5. The number of halogens is 3. The molecule has 2 N–H and O–H groups in total. The van der Waals surface area contributed by atoms with Crippen LogP contribution in [0.5, 0.6) is 0 Å². The van der Waals surface area contributed by atoms with E-state index in [2.05, 4.69) is 37.5 Å². The number of nitrogens with two attached hydrogens (primary N) is 1. The predicted molar refractivity (Wildman–Crippen MR) is 178 cm³/mol. The molecule has 0 atom stereocenters. The molecule has 2 fully saturated rings. The van der Waals surface area contributed by atoms with Crippen LogP contribution in [-0.2, 0) is 12.5 Å². The van der Waals surface area contributed by atoms with E-state index in [1.54, 1.807) is 24.3 Å². The van der Waals surface area contributed by atoms with E-state index in [1.807, 2.05) is 12.3 Å². The molecular formula is C36H40F3N7. The van der Waals surface area contributed by atoms with Gasteiger partial charge in [0.05, 0.1) is 11.3 Å². The largest absolute Gasteiger partial charge is 0.383 e. The van der Waals surface area contributed by atoms with Crippen LogP contribution in [0.25, 0.3) is 28.5 Å². The summed E-state index contributed by atoms with van der Waals surface area (Å²) in [6, 6.07) is 11.5. The van der Waals surface area contributed by atoms with Crippen molar-refractivity contribution in [2.45, 2.75) is 50.5 Å². The highest BCUT2D eigenvalue weighted by Gasteiger charge is 2.31. The number of rotatable bonds is 10. The second-order valence-corrected chi connectivity index (χ2v) is 12.1. The van der Waals surface area contributed by atoms with Gasteiger partial charge in [0, 0.05) is 55.0 Å². The minimum Gasteiger partial charge on any atom is -0.383 e. The lowest BCUT2D eigenvalue weighted by molar-refractivity contribution is 0.0524. The molecule has 240 valence electrons. The summed E-state index contributed by atoms with van der Waals surface area (Å²) in [4.78, 5) is 18.4. The van der Waals surface area contributed by atoms with Gasteiger partial charge in [0.2, 0.25) is 0 Å². The predicted octanol–water partition coefficient (Wildman–Crippen LogP) is 7.52. The van der Waals surface area contributed by atoms with Crippen molar-refractivity contribution in [3.8, 4) is 22.4 Å². The summed E-state index contributed by atoms with van der Waals surface area (Å²) in [7, 11) is 0. The van der Waals surface area contributed by atoms with Crippen LogP contribution in [0.3, 0.4) is 0 Å². The molecule has 0 bridgehead atoms. The van der Waals surface area contributed by atoms with Crippen molar-refractivity contribution < 1.29 is 13.2 Å². The molecule has 0 saturated carbocycles. The molecule has 0 spiro atoms. The van der Waals surface area contributed by atoms with E-state index in [0.717, 1.165) is 44.8 Å². The highest BCUT2D eigenvalue weighted by atomic mass is 19.3. The van der Waals surface area contributed by atoms with Crippen LogP contribution in [0.1, 0.15) is 55.0 Å². The van der Waals surface area contributed by atoms with Crippen LogP contribution in [-0.4, -0.2) is 57.1 Å². The highest BCUT2D eigenvalue weighted by Crippen LogP contribution is 2.39. The van der Waals surface area contributed by atoms with Gasteiger partial charge >= 0.3 is 0 Å². The zero-order valence-electron chi connectivity index (χ0n) is 26.0. The Balaban J connectivity index is 1.29. The number of imidazole rings is 1. The summed E-state index contributed by atoms with van der Waals surface area (Å²) >= 11 is 0. The second-order valence-electron chi connectivity index (χ2n) is 12.1. The van der Waals surface area contributed by atoms with Gasteiger partial charge in [-0.1, -0.05) is 56.0 Å². The van der Waals surface area contributed by atoms with Crippen LogP contribution in [0.2, 0.25) is 0 Å². The third kappa shape index (κ3) is 6.44. The first-order valence-electron chi connectivity index (χ1n) is 16.0. The van der Waals surface area contributed by atoms with Crippen molar-refractivity contribution in [1.29, 1.82) is 0 Å². The number of anilines is 2. The maximum Gasteiger partial charge on any atom is 0.292 e. The van der Waals surface area contributed by atoms with Gasteiger partial charge in [0.1, 0.15) is 29.6 Å². The van der Waals surface area contributed by atoms with E-state index in [-0.39, 0.29) is 23.1 Å². The Bertz CT molecular complexity index is 1700. The van der Waals surface area contributed by atoms with Crippen molar-refractivity contribution in [2.24, 2.45) is 0 Å². The lowest BCUT2D eigenvalue weighted by Gasteiger charge is -2.34. The molecule has 2 aromatic heterocycles. The average Bonchev–Trinajstić information content (AvgIpc) is 3.52. The van der Waals surface area contributed by atoms with E-state index in [0.29, 0.717) is 52.9 Å². The van der Waals surface area contributed by atoms with Crippen LogP contribution in [0.15, 0.2) is 74.2 Å². The molecule has 0 radical (unpaired) electrons. The van der Waals surface area contributed by atoms with Gasteiger partial charge in [-0.2, -0.15) is 8.78 Å². The molecule has 6 rings (SSSR count). The number of aromatic nitrogens is 4.